The molecule has 1 N–H and O–H groups in total. The molecular formula is C21H22N2O. The molecule has 2 aromatic carbocycles. The second-order valence-electron chi connectivity index (χ2n) is 6.73. The third-order valence-electron chi connectivity index (χ3n) is 5.01. The normalized spacial score (nSPS) is 14.0. The number of carbonyl (C=O) groups excluding carboxylic acids is 1. The van der Waals surface area contributed by atoms with E-state index in [1.807, 2.05) is 11.0 Å². The predicted molar refractivity (Wildman–Crippen MR) is 98.6 cm³/mol. The van der Waals surface area contributed by atoms with Gasteiger partial charge in [-0.25, -0.2) is 0 Å². The Balaban J connectivity index is 1.68. The first-order chi connectivity index (χ1) is 11.6. The first kappa shape index (κ1) is 15.0. The summed E-state index contributed by atoms with van der Waals surface area (Å²) in [6.07, 6.45) is 2.55. The van der Waals surface area contributed by atoms with Crippen molar-refractivity contribution >= 4 is 22.5 Å². The molecule has 0 atom stereocenters. The lowest BCUT2D eigenvalue weighted by Crippen LogP contribution is -2.36. The molecule has 0 spiro atoms. The second-order valence-corrected chi connectivity index (χ2v) is 6.73. The number of fused-ring (bicyclic) bond motifs is 2. The molecule has 3 nitrogen and oxygen atoms in total. The molecule has 0 radical (unpaired) electrons. The highest BCUT2D eigenvalue weighted by Gasteiger charge is 2.23. The molecule has 122 valence electrons. The van der Waals surface area contributed by atoms with Crippen LogP contribution in [0.25, 0.3) is 10.9 Å². The molecule has 3 aromatic rings. The Morgan fingerprint density at radius 1 is 1.17 bits per heavy atom. The number of carbonyl (C=O) groups is 1. The fourth-order valence-corrected chi connectivity index (χ4v) is 3.76. The molecule has 1 aliphatic heterocycles. The summed E-state index contributed by atoms with van der Waals surface area (Å²) >= 11 is 0. The van der Waals surface area contributed by atoms with Crippen molar-refractivity contribution in [3.63, 3.8) is 0 Å². The number of H-pyrrole nitrogens is 1. The maximum absolute atomic E-state index is 13.0. The van der Waals surface area contributed by atoms with Crippen LogP contribution in [0.15, 0.2) is 42.5 Å². The maximum atomic E-state index is 13.0. The Hall–Kier alpha value is -2.55. The molecule has 0 bridgehead atoms. The second kappa shape index (κ2) is 5.82. The quantitative estimate of drug-likeness (QED) is 0.751. The Kier molecular flexibility index (Phi) is 3.64. The van der Waals surface area contributed by atoms with E-state index in [4.69, 9.17) is 0 Å². The summed E-state index contributed by atoms with van der Waals surface area (Å²) in [6.45, 7) is 4.96. The van der Waals surface area contributed by atoms with E-state index in [0.29, 0.717) is 6.42 Å². The molecule has 24 heavy (non-hydrogen) atoms. The predicted octanol–water partition coefficient (Wildman–Crippen LogP) is 4.31. The minimum atomic E-state index is 0.188. The van der Waals surface area contributed by atoms with Gasteiger partial charge in [0.15, 0.2) is 0 Å². The van der Waals surface area contributed by atoms with Crippen molar-refractivity contribution in [1.29, 1.82) is 0 Å². The number of nitrogens with zero attached hydrogens (tertiary/aromatic N) is 1. The van der Waals surface area contributed by atoms with Crippen LogP contribution in [-0.4, -0.2) is 17.4 Å². The third kappa shape index (κ3) is 2.50. The highest BCUT2D eigenvalue weighted by molar-refractivity contribution is 5.99. The van der Waals surface area contributed by atoms with Crippen molar-refractivity contribution in [2.45, 2.75) is 33.1 Å². The zero-order valence-corrected chi connectivity index (χ0v) is 14.2. The molecule has 3 heteroatoms. The van der Waals surface area contributed by atoms with Crippen LogP contribution >= 0.6 is 0 Å². The zero-order valence-electron chi connectivity index (χ0n) is 14.2. The zero-order chi connectivity index (χ0) is 16.7. The molecule has 0 fully saturated rings. The summed E-state index contributed by atoms with van der Waals surface area (Å²) in [4.78, 5) is 18.4. The lowest BCUT2D eigenvalue weighted by atomic mass is 10.00. The minimum absolute atomic E-state index is 0.188. The van der Waals surface area contributed by atoms with Crippen LogP contribution in [0.2, 0.25) is 0 Å². The van der Waals surface area contributed by atoms with Gasteiger partial charge in [-0.1, -0.05) is 29.8 Å². The third-order valence-corrected chi connectivity index (χ3v) is 5.01. The Morgan fingerprint density at radius 2 is 2.00 bits per heavy atom. The number of benzene rings is 2. The number of hydrogen-bond donors (Lipinski definition) is 1. The lowest BCUT2D eigenvalue weighted by Gasteiger charge is -2.29. The van der Waals surface area contributed by atoms with Gasteiger partial charge < -0.3 is 9.88 Å². The van der Waals surface area contributed by atoms with Crippen molar-refractivity contribution in [2.75, 3.05) is 11.4 Å². The van der Waals surface area contributed by atoms with E-state index >= 15 is 0 Å². The van der Waals surface area contributed by atoms with E-state index in [0.717, 1.165) is 41.8 Å². The van der Waals surface area contributed by atoms with Crippen LogP contribution in [0.1, 0.15) is 28.8 Å². The smallest absolute Gasteiger partial charge is 0.231 e. The lowest BCUT2D eigenvalue weighted by molar-refractivity contribution is -0.118. The monoisotopic (exact) mass is 318 g/mol. The molecule has 1 amide bonds. The fraction of sp³-hybridized carbons (Fsp3) is 0.286. The molecule has 0 saturated heterocycles. The molecule has 0 unspecified atom stereocenters. The molecular weight excluding hydrogens is 296 g/mol. The van der Waals surface area contributed by atoms with E-state index in [-0.39, 0.29) is 5.91 Å². The van der Waals surface area contributed by atoms with Crippen molar-refractivity contribution in [3.05, 3.63) is 64.8 Å². The largest absolute Gasteiger partial charge is 0.358 e. The van der Waals surface area contributed by atoms with Crippen molar-refractivity contribution in [3.8, 4) is 0 Å². The Morgan fingerprint density at radius 3 is 2.88 bits per heavy atom. The van der Waals surface area contributed by atoms with Crippen molar-refractivity contribution < 1.29 is 4.79 Å². The number of hydrogen-bond acceptors (Lipinski definition) is 1. The Bertz CT molecular complexity index is 923. The molecule has 0 saturated carbocycles. The van der Waals surface area contributed by atoms with Crippen LogP contribution in [0.3, 0.4) is 0 Å². The number of para-hydroxylation sites is 1. The number of aryl methyl sites for hydroxylation is 3. The van der Waals surface area contributed by atoms with Gasteiger partial charge in [0.2, 0.25) is 5.91 Å². The van der Waals surface area contributed by atoms with Gasteiger partial charge in [-0.3, -0.25) is 4.79 Å². The first-order valence-electron chi connectivity index (χ1n) is 8.59. The van der Waals surface area contributed by atoms with Crippen LogP contribution in [0.4, 0.5) is 5.69 Å². The number of aromatic amines is 1. The van der Waals surface area contributed by atoms with Crippen LogP contribution in [-0.2, 0) is 17.6 Å². The van der Waals surface area contributed by atoms with Crippen LogP contribution < -0.4 is 4.90 Å². The number of amides is 1. The average Bonchev–Trinajstić information content (AvgIpc) is 2.89. The summed E-state index contributed by atoms with van der Waals surface area (Å²) in [7, 11) is 0. The number of rotatable bonds is 2. The van der Waals surface area contributed by atoms with E-state index in [1.165, 1.54) is 16.5 Å². The summed E-state index contributed by atoms with van der Waals surface area (Å²) < 4.78 is 0. The van der Waals surface area contributed by atoms with Gasteiger partial charge in [0.25, 0.3) is 0 Å². The van der Waals surface area contributed by atoms with Gasteiger partial charge in [-0.2, -0.15) is 0 Å². The van der Waals surface area contributed by atoms with Gasteiger partial charge in [0, 0.05) is 28.8 Å². The molecule has 4 rings (SSSR count). The highest BCUT2D eigenvalue weighted by Crippen LogP contribution is 2.29. The molecule has 0 aliphatic carbocycles. The number of anilines is 1. The van der Waals surface area contributed by atoms with E-state index in [2.05, 4.69) is 55.2 Å². The topological polar surface area (TPSA) is 36.1 Å². The Labute approximate surface area is 142 Å². The number of nitrogens with one attached hydrogen (secondary N) is 1. The van der Waals surface area contributed by atoms with Crippen molar-refractivity contribution in [2.24, 2.45) is 0 Å². The van der Waals surface area contributed by atoms with Gasteiger partial charge >= 0.3 is 0 Å². The summed E-state index contributed by atoms with van der Waals surface area (Å²) in [5, 5.41) is 1.17. The summed E-state index contributed by atoms with van der Waals surface area (Å²) in [6, 6.07) is 14.6. The van der Waals surface area contributed by atoms with Crippen molar-refractivity contribution in [1.82, 2.24) is 4.98 Å². The fourth-order valence-electron chi connectivity index (χ4n) is 3.76. The molecule has 1 aliphatic rings. The molecule has 1 aromatic heterocycles. The molecule has 2 heterocycles. The van der Waals surface area contributed by atoms with E-state index < -0.39 is 0 Å². The summed E-state index contributed by atoms with van der Waals surface area (Å²) in [5.74, 6) is 0.188. The summed E-state index contributed by atoms with van der Waals surface area (Å²) in [5.41, 5.74) is 6.92. The van der Waals surface area contributed by atoms with Gasteiger partial charge in [0.05, 0.1) is 6.42 Å². The van der Waals surface area contributed by atoms with Crippen LogP contribution in [0, 0.1) is 13.8 Å². The van der Waals surface area contributed by atoms with E-state index in [9.17, 15) is 4.79 Å². The SMILES string of the molecule is Cc1ccc2[nH]c(C)c(CC(=O)N3CCCc4ccccc43)c2c1. The van der Waals surface area contributed by atoms with E-state index in [1.54, 1.807) is 0 Å². The standard InChI is InChI=1S/C21H22N2O/c1-14-9-10-19-18(12-14)17(15(2)22-19)13-21(24)23-11-5-7-16-6-3-4-8-20(16)23/h3-4,6,8-10,12,22H,5,7,11,13H2,1-2H3. The van der Waals surface area contributed by atoms with Gasteiger partial charge in [-0.15, -0.1) is 0 Å². The van der Waals surface area contributed by atoms with Gasteiger partial charge in [-0.05, 0) is 56.0 Å². The van der Waals surface area contributed by atoms with Gasteiger partial charge in [0.1, 0.15) is 0 Å². The average molecular weight is 318 g/mol. The van der Waals surface area contributed by atoms with Crippen LogP contribution in [0.5, 0.6) is 0 Å². The minimum Gasteiger partial charge on any atom is -0.358 e. The number of aromatic nitrogens is 1. The highest BCUT2D eigenvalue weighted by atomic mass is 16.2. The first-order valence-corrected chi connectivity index (χ1v) is 8.59. The maximum Gasteiger partial charge on any atom is 0.231 e.